The third kappa shape index (κ3) is 14.4. The maximum atomic E-state index is 12.7. The minimum absolute atomic E-state index is 0.0970. The number of carbonyl (C=O) groups excluding carboxylic acids is 5. The molecule has 1 saturated heterocycles. The molecular weight excluding hydrogens is 562 g/mol. The standard InChI is InChI=1S/C29H45N5O9/c1-29(2,3)43-26(38)8-14-41-15-10-32-24(36)20-42-17-11-31-23(35)7-13-40-16-12-33-28(39)22-18-25(37)34(4)27(22)21-6-5-9-30-19-21/h5-6,9,19,22,27H,7-8,10-18,20H2,1-4H3,(H,31,35)(H,32,36)(H,33,39)/t22-,27+/m0/s1. The van der Waals surface area contributed by atoms with E-state index in [2.05, 4.69) is 20.9 Å². The number of nitrogens with zero attached hydrogens (tertiary/aromatic N) is 2. The number of aromatic nitrogens is 1. The zero-order chi connectivity index (χ0) is 31.7. The number of likely N-dealkylation sites (tertiary alicyclic amines) is 1. The van der Waals surface area contributed by atoms with Crippen LogP contribution in [-0.2, 0) is 42.9 Å². The first-order valence-corrected chi connectivity index (χ1v) is 14.4. The Balaban J connectivity index is 1.44. The summed E-state index contributed by atoms with van der Waals surface area (Å²) in [6.45, 7) is 7.02. The van der Waals surface area contributed by atoms with Crippen molar-refractivity contribution < 1.29 is 42.9 Å². The molecule has 1 aromatic rings. The molecule has 240 valence electrons. The summed E-state index contributed by atoms with van der Waals surface area (Å²) in [7, 11) is 1.68. The van der Waals surface area contributed by atoms with Crippen molar-refractivity contribution in [2.75, 3.05) is 66.3 Å². The Hall–Kier alpha value is -3.62. The Kier molecular flexibility index (Phi) is 15.6. The van der Waals surface area contributed by atoms with Crippen molar-refractivity contribution in [2.24, 2.45) is 5.92 Å². The third-order valence-corrected chi connectivity index (χ3v) is 6.21. The lowest BCUT2D eigenvalue weighted by Gasteiger charge is -2.24. The van der Waals surface area contributed by atoms with Crippen molar-refractivity contribution >= 4 is 29.6 Å². The van der Waals surface area contributed by atoms with E-state index in [1.807, 2.05) is 6.07 Å². The molecule has 0 unspecified atom stereocenters. The van der Waals surface area contributed by atoms with Gasteiger partial charge < -0.3 is 39.8 Å². The van der Waals surface area contributed by atoms with Crippen LogP contribution in [0.5, 0.6) is 0 Å². The second-order valence-corrected chi connectivity index (χ2v) is 10.9. The van der Waals surface area contributed by atoms with E-state index in [1.54, 1.807) is 51.2 Å². The van der Waals surface area contributed by atoms with Crippen LogP contribution in [0.25, 0.3) is 0 Å². The van der Waals surface area contributed by atoms with E-state index < -0.39 is 11.5 Å². The molecule has 0 radical (unpaired) electrons. The van der Waals surface area contributed by atoms with Crippen LogP contribution >= 0.6 is 0 Å². The topological polar surface area (TPSA) is 174 Å². The van der Waals surface area contributed by atoms with E-state index in [4.69, 9.17) is 18.9 Å². The van der Waals surface area contributed by atoms with Crippen molar-refractivity contribution in [3.63, 3.8) is 0 Å². The van der Waals surface area contributed by atoms with Crippen LogP contribution < -0.4 is 16.0 Å². The van der Waals surface area contributed by atoms with Crippen molar-refractivity contribution in [2.45, 2.75) is 51.7 Å². The summed E-state index contributed by atoms with van der Waals surface area (Å²) in [5.74, 6) is -1.73. The maximum Gasteiger partial charge on any atom is 0.308 e. The van der Waals surface area contributed by atoms with Gasteiger partial charge in [0.05, 0.1) is 51.4 Å². The van der Waals surface area contributed by atoms with Crippen molar-refractivity contribution in [1.29, 1.82) is 0 Å². The van der Waals surface area contributed by atoms with Crippen molar-refractivity contribution in [3.8, 4) is 0 Å². The summed E-state index contributed by atoms with van der Waals surface area (Å²) in [5, 5.41) is 8.12. The number of esters is 1. The first-order chi connectivity index (χ1) is 20.5. The molecule has 1 aliphatic heterocycles. The predicted octanol–water partition coefficient (Wildman–Crippen LogP) is 0.121. The minimum atomic E-state index is -0.533. The number of ether oxygens (including phenoxy) is 4. The van der Waals surface area contributed by atoms with Gasteiger partial charge in [0.25, 0.3) is 0 Å². The summed E-state index contributed by atoms with van der Waals surface area (Å²) in [5.41, 5.74) is 0.275. The molecule has 14 nitrogen and oxygen atoms in total. The molecule has 43 heavy (non-hydrogen) atoms. The molecule has 2 atom stereocenters. The average Bonchev–Trinajstić information content (AvgIpc) is 3.25. The van der Waals surface area contributed by atoms with Gasteiger partial charge in [0, 0.05) is 51.9 Å². The molecular formula is C29H45N5O9. The second kappa shape index (κ2) is 18.8. The molecule has 3 N–H and O–H groups in total. The number of carbonyl (C=O) groups is 5. The van der Waals surface area contributed by atoms with Gasteiger partial charge in [-0.15, -0.1) is 0 Å². The summed E-state index contributed by atoms with van der Waals surface area (Å²) in [6.07, 6.45) is 3.71. The zero-order valence-corrected chi connectivity index (χ0v) is 25.5. The van der Waals surface area contributed by atoms with Gasteiger partial charge in [-0.1, -0.05) is 6.07 Å². The molecule has 14 heteroatoms. The highest BCUT2D eigenvalue weighted by Gasteiger charge is 2.42. The lowest BCUT2D eigenvalue weighted by Crippen LogP contribution is -2.36. The Morgan fingerprint density at radius 1 is 0.907 bits per heavy atom. The average molecular weight is 608 g/mol. The summed E-state index contributed by atoms with van der Waals surface area (Å²) < 4.78 is 21.2. The molecule has 1 aromatic heterocycles. The first-order valence-electron chi connectivity index (χ1n) is 14.4. The number of hydrogen-bond acceptors (Lipinski definition) is 10. The Morgan fingerprint density at radius 2 is 1.53 bits per heavy atom. The number of amides is 4. The highest BCUT2D eigenvalue weighted by atomic mass is 16.6. The van der Waals surface area contributed by atoms with E-state index in [0.29, 0.717) is 0 Å². The lowest BCUT2D eigenvalue weighted by atomic mass is 9.94. The molecule has 1 aliphatic rings. The molecule has 1 fully saturated rings. The monoisotopic (exact) mass is 607 g/mol. The zero-order valence-electron chi connectivity index (χ0n) is 25.5. The number of rotatable bonds is 19. The number of hydrogen-bond donors (Lipinski definition) is 3. The maximum absolute atomic E-state index is 12.7. The van der Waals surface area contributed by atoms with Crippen LogP contribution in [0.3, 0.4) is 0 Å². The highest BCUT2D eigenvalue weighted by molar-refractivity contribution is 5.90. The van der Waals surface area contributed by atoms with Gasteiger partial charge in [-0.25, -0.2) is 0 Å². The Bertz CT molecular complexity index is 1050. The Labute approximate surface area is 252 Å². The summed E-state index contributed by atoms with van der Waals surface area (Å²) >= 11 is 0. The van der Waals surface area contributed by atoms with Crippen LogP contribution in [0.1, 0.15) is 51.6 Å². The van der Waals surface area contributed by atoms with Gasteiger partial charge in [-0.05, 0) is 32.4 Å². The van der Waals surface area contributed by atoms with Gasteiger partial charge in [0.1, 0.15) is 12.2 Å². The second-order valence-electron chi connectivity index (χ2n) is 10.9. The van der Waals surface area contributed by atoms with E-state index in [0.717, 1.165) is 5.56 Å². The van der Waals surface area contributed by atoms with Crippen molar-refractivity contribution in [1.82, 2.24) is 25.8 Å². The molecule has 0 spiro atoms. The number of pyridine rings is 1. The Morgan fingerprint density at radius 3 is 2.19 bits per heavy atom. The van der Waals surface area contributed by atoms with Crippen LogP contribution in [0.15, 0.2) is 24.5 Å². The van der Waals surface area contributed by atoms with Crippen LogP contribution in [0, 0.1) is 5.92 Å². The molecule has 2 heterocycles. The lowest BCUT2D eigenvalue weighted by molar-refractivity contribution is -0.156. The smallest absolute Gasteiger partial charge is 0.308 e. The van der Waals surface area contributed by atoms with Gasteiger partial charge in [0.2, 0.25) is 23.6 Å². The SMILES string of the molecule is CN1C(=O)C[C@H](C(=O)NCCOCCC(=O)NCCOCC(=O)NCCOCCC(=O)OC(C)(C)C)[C@H]1c1cccnc1. The van der Waals surface area contributed by atoms with E-state index in [1.165, 1.54) is 0 Å². The van der Waals surface area contributed by atoms with Crippen LogP contribution in [0.4, 0.5) is 0 Å². The normalized spacial score (nSPS) is 16.6. The molecule has 0 bridgehead atoms. The fourth-order valence-corrected chi connectivity index (χ4v) is 4.24. The van der Waals surface area contributed by atoms with Gasteiger partial charge in [-0.2, -0.15) is 0 Å². The van der Waals surface area contributed by atoms with Gasteiger partial charge in [-0.3, -0.25) is 29.0 Å². The number of nitrogens with one attached hydrogen (secondary N) is 3. The molecule has 0 saturated carbocycles. The largest absolute Gasteiger partial charge is 0.460 e. The van der Waals surface area contributed by atoms with E-state index in [-0.39, 0.29) is 114 Å². The van der Waals surface area contributed by atoms with Crippen LogP contribution in [0.2, 0.25) is 0 Å². The van der Waals surface area contributed by atoms with Gasteiger partial charge in [0.15, 0.2) is 0 Å². The summed E-state index contributed by atoms with van der Waals surface area (Å²) in [4.78, 5) is 65.9. The molecule has 2 rings (SSSR count). The third-order valence-electron chi connectivity index (χ3n) is 6.21. The quantitative estimate of drug-likeness (QED) is 0.145. The predicted molar refractivity (Wildman–Crippen MR) is 154 cm³/mol. The van der Waals surface area contributed by atoms with Crippen LogP contribution in [-0.4, -0.2) is 111 Å². The fraction of sp³-hybridized carbons (Fsp3) is 0.655. The molecule has 4 amide bonds. The van der Waals surface area contributed by atoms with Crippen molar-refractivity contribution in [3.05, 3.63) is 30.1 Å². The van der Waals surface area contributed by atoms with Gasteiger partial charge >= 0.3 is 5.97 Å². The van der Waals surface area contributed by atoms with E-state index >= 15 is 0 Å². The fourth-order valence-electron chi connectivity index (χ4n) is 4.24. The summed E-state index contributed by atoms with van der Waals surface area (Å²) in [6, 6.07) is 3.26. The first kappa shape index (κ1) is 35.6. The van der Waals surface area contributed by atoms with E-state index in [9.17, 15) is 24.0 Å². The molecule has 0 aliphatic carbocycles. The minimum Gasteiger partial charge on any atom is -0.460 e. The molecule has 0 aromatic carbocycles. The highest BCUT2D eigenvalue weighted by Crippen LogP contribution is 2.36.